The van der Waals surface area contributed by atoms with Gasteiger partial charge in [-0.25, -0.2) is 9.97 Å². The van der Waals surface area contributed by atoms with Gasteiger partial charge in [0.05, 0.1) is 11.3 Å². The molecule has 152 valence electrons. The Morgan fingerprint density at radius 2 is 1.97 bits per heavy atom. The van der Waals surface area contributed by atoms with Crippen molar-refractivity contribution in [3.8, 4) is 22.8 Å². The standard InChI is InChI=1S/C22H21N5O3/c28-21(24-11-15-5-6-18-19(10-15)30-14-29-18)17-13-25-22(27-8-1-2-9-27)26-20(17)16-4-3-7-23-12-16/h3-7,10,12-13H,1-2,8-9,11,14H2,(H,24,28). The minimum Gasteiger partial charge on any atom is -0.454 e. The van der Waals surface area contributed by atoms with Crippen molar-refractivity contribution < 1.29 is 14.3 Å². The van der Waals surface area contributed by atoms with Gasteiger partial charge in [0.15, 0.2) is 11.5 Å². The zero-order chi connectivity index (χ0) is 20.3. The first-order valence-corrected chi connectivity index (χ1v) is 9.97. The summed E-state index contributed by atoms with van der Waals surface area (Å²) in [4.78, 5) is 28.5. The molecule has 8 heteroatoms. The van der Waals surface area contributed by atoms with E-state index in [2.05, 4.69) is 20.2 Å². The number of nitrogens with one attached hydrogen (secondary N) is 1. The lowest BCUT2D eigenvalue weighted by Crippen LogP contribution is -2.26. The topological polar surface area (TPSA) is 89.5 Å². The Morgan fingerprint density at radius 1 is 1.10 bits per heavy atom. The van der Waals surface area contributed by atoms with Crippen molar-refractivity contribution in [3.63, 3.8) is 0 Å². The van der Waals surface area contributed by atoms with Crippen LogP contribution >= 0.6 is 0 Å². The second kappa shape index (κ2) is 7.98. The average Bonchev–Trinajstić information content (AvgIpc) is 3.49. The lowest BCUT2D eigenvalue weighted by atomic mass is 10.1. The maximum Gasteiger partial charge on any atom is 0.255 e. The molecule has 4 heterocycles. The van der Waals surface area contributed by atoms with Crippen molar-refractivity contribution >= 4 is 11.9 Å². The number of carbonyl (C=O) groups is 1. The Labute approximate surface area is 173 Å². The minimum absolute atomic E-state index is 0.223. The Bertz CT molecular complexity index is 1070. The van der Waals surface area contributed by atoms with Crippen LogP contribution in [0, 0.1) is 0 Å². The van der Waals surface area contributed by atoms with Crippen molar-refractivity contribution in [3.05, 3.63) is 60.0 Å². The van der Waals surface area contributed by atoms with Crippen LogP contribution < -0.4 is 19.7 Å². The quantitative estimate of drug-likeness (QED) is 0.701. The van der Waals surface area contributed by atoms with E-state index in [1.165, 1.54) is 0 Å². The van der Waals surface area contributed by atoms with Crippen LogP contribution in [0.3, 0.4) is 0 Å². The number of anilines is 1. The number of hydrogen-bond acceptors (Lipinski definition) is 7. The van der Waals surface area contributed by atoms with E-state index in [9.17, 15) is 4.79 Å². The molecule has 3 aromatic rings. The van der Waals surface area contributed by atoms with E-state index in [0.29, 0.717) is 29.5 Å². The molecule has 2 aliphatic rings. The number of benzene rings is 1. The molecule has 1 fully saturated rings. The molecule has 1 amide bonds. The molecule has 1 aromatic carbocycles. The predicted octanol–water partition coefficient (Wildman–Crippen LogP) is 2.80. The molecule has 30 heavy (non-hydrogen) atoms. The maximum absolute atomic E-state index is 13.0. The first-order chi connectivity index (χ1) is 14.8. The largest absolute Gasteiger partial charge is 0.454 e. The third kappa shape index (κ3) is 3.63. The van der Waals surface area contributed by atoms with Crippen molar-refractivity contribution in [2.75, 3.05) is 24.8 Å². The summed E-state index contributed by atoms with van der Waals surface area (Å²) in [5, 5.41) is 2.96. The summed E-state index contributed by atoms with van der Waals surface area (Å²) in [5.41, 5.74) is 2.72. The van der Waals surface area contributed by atoms with E-state index in [-0.39, 0.29) is 12.7 Å². The summed E-state index contributed by atoms with van der Waals surface area (Å²) >= 11 is 0. The summed E-state index contributed by atoms with van der Waals surface area (Å²) in [7, 11) is 0. The molecular weight excluding hydrogens is 382 g/mol. The van der Waals surface area contributed by atoms with E-state index in [1.807, 2.05) is 30.3 Å². The number of ether oxygens (including phenoxy) is 2. The number of amides is 1. The van der Waals surface area contributed by atoms with E-state index in [4.69, 9.17) is 14.5 Å². The van der Waals surface area contributed by atoms with Crippen LogP contribution in [0.25, 0.3) is 11.3 Å². The molecule has 0 saturated carbocycles. The molecule has 0 unspecified atom stereocenters. The molecule has 1 saturated heterocycles. The van der Waals surface area contributed by atoms with Crippen molar-refractivity contribution in [2.24, 2.45) is 0 Å². The van der Waals surface area contributed by atoms with Crippen LogP contribution in [0.1, 0.15) is 28.8 Å². The summed E-state index contributed by atoms with van der Waals surface area (Å²) in [6.07, 6.45) is 7.28. The van der Waals surface area contributed by atoms with Crippen LogP contribution in [0.2, 0.25) is 0 Å². The Kier molecular flexibility index (Phi) is 4.88. The van der Waals surface area contributed by atoms with Crippen LogP contribution in [0.5, 0.6) is 11.5 Å². The molecular formula is C22H21N5O3. The average molecular weight is 403 g/mol. The van der Waals surface area contributed by atoms with Gasteiger partial charge in [-0.05, 0) is 42.7 Å². The summed E-state index contributed by atoms with van der Waals surface area (Å²) in [5.74, 6) is 1.82. The number of carbonyl (C=O) groups excluding carboxylic acids is 1. The highest BCUT2D eigenvalue weighted by atomic mass is 16.7. The monoisotopic (exact) mass is 403 g/mol. The molecule has 2 aromatic heterocycles. The zero-order valence-electron chi connectivity index (χ0n) is 16.4. The van der Waals surface area contributed by atoms with Crippen molar-refractivity contribution in [1.82, 2.24) is 20.3 Å². The smallest absolute Gasteiger partial charge is 0.255 e. The van der Waals surface area contributed by atoms with Gasteiger partial charge in [-0.15, -0.1) is 0 Å². The number of hydrogen-bond donors (Lipinski definition) is 1. The third-order valence-corrected chi connectivity index (χ3v) is 5.23. The summed E-state index contributed by atoms with van der Waals surface area (Å²) < 4.78 is 10.7. The second-order valence-electron chi connectivity index (χ2n) is 7.24. The zero-order valence-corrected chi connectivity index (χ0v) is 16.4. The first kappa shape index (κ1) is 18.4. The van der Waals surface area contributed by atoms with E-state index >= 15 is 0 Å². The lowest BCUT2D eigenvalue weighted by Gasteiger charge is -2.17. The van der Waals surface area contributed by atoms with Crippen LogP contribution in [0.15, 0.2) is 48.9 Å². The summed E-state index contributed by atoms with van der Waals surface area (Å²) in [6, 6.07) is 9.36. The van der Waals surface area contributed by atoms with Crippen LogP contribution in [-0.2, 0) is 6.54 Å². The number of fused-ring (bicyclic) bond motifs is 1. The Hall–Kier alpha value is -3.68. The van der Waals surface area contributed by atoms with Gasteiger partial charge < -0.3 is 19.7 Å². The highest BCUT2D eigenvalue weighted by molar-refractivity contribution is 5.99. The molecule has 0 radical (unpaired) electrons. The minimum atomic E-state index is -0.237. The van der Waals surface area contributed by atoms with Crippen molar-refractivity contribution in [2.45, 2.75) is 19.4 Å². The van der Waals surface area contributed by atoms with Gasteiger partial charge in [-0.2, -0.15) is 0 Å². The molecule has 0 bridgehead atoms. The van der Waals surface area contributed by atoms with Gasteiger partial charge in [-0.3, -0.25) is 9.78 Å². The normalized spacial score (nSPS) is 14.7. The molecule has 1 N–H and O–H groups in total. The fraction of sp³-hybridized carbons (Fsp3) is 0.273. The fourth-order valence-corrected chi connectivity index (χ4v) is 3.66. The summed E-state index contributed by atoms with van der Waals surface area (Å²) in [6.45, 7) is 2.44. The second-order valence-corrected chi connectivity index (χ2v) is 7.24. The predicted molar refractivity (Wildman–Crippen MR) is 110 cm³/mol. The van der Waals surface area contributed by atoms with E-state index in [1.54, 1.807) is 18.6 Å². The molecule has 0 atom stereocenters. The molecule has 0 spiro atoms. The number of pyridine rings is 1. The van der Waals surface area contributed by atoms with Gasteiger partial charge in [0.25, 0.3) is 5.91 Å². The van der Waals surface area contributed by atoms with Crippen LogP contribution in [0.4, 0.5) is 5.95 Å². The molecule has 8 nitrogen and oxygen atoms in total. The van der Waals surface area contributed by atoms with Gasteiger partial charge >= 0.3 is 0 Å². The Balaban J connectivity index is 1.40. The lowest BCUT2D eigenvalue weighted by molar-refractivity contribution is 0.0951. The van der Waals surface area contributed by atoms with Crippen molar-refractivity contribution in [1.29, 1.82) is 0 Å². The number of aromatic nitrogens is 3. The highest BCUT2D eigenvalue weighted by Crippen LogP contribution is 2.32. The maximum atomic E-state index is 13.0. The van der Waals surface area contributed by atoms with Gasteiger partial charge in [0.1, 0.15) is 0 Å². The van der Waals surface area contributed by atoms with Gasteiger partial charge in [0, 0.05) is 43.8 Å². The van der Waals surface area contributed by atoms with Gasteiger partial charge in [-0.1, -0.05) is 6.07 Å². The van der Waals surface area contributed by atoms with E-state index in [0.717, 1.165) is 42.8 Å². The number of nitrogens with zero attached hydrogens (tertiary/aromatic N) is 4. The van der Waals surface area contributed by atoms with Crippen LogP contribution in [-0.4, -0.2) is 40.7 Å². The highest BCUT2D eigenvalue weighted by Gasteiger charge is 2.21. The molecule has 5 rings (SSSR count). The number of rotatable bonds is 5. The third-order valence-electron chi connectivity index (χ3n) is 5.23. The fourth-order valence-electron chi connectivity index (χ4n) is 3.66. The van der Waals surface area contributed by atoms with Gasteiger partial charge in [0.2, 0.25) is 12.7 Å². The molecule has 2 aliphatic heterocycles. The van der Waals surface area contributed by atoms with E-state index < -0.39 is 0 Å². The Morgan fingerprint density at radius 3 is 2.80 bits per heavy atom. The SMILES string of the molecule is O=C(NCc1ccc2c(c1)OCO2)c1cnc(N2CCCC2)nc1-c1cccnc1. The molecule has 0 aliphatic carbocycles. The first-order valence-electron chi connectivity index (χ1n) is 9.97.